The molecular formula is C34H53N3O15. The fraction of sp³-hybridized carbons (Fsp3) is 0.706. The molecule has 0 aliphatic carbocycles. The molecule has 0 heterocycles. The molecule has 0 aromatic heterocycles. The Morgan fingerprint density at radius 3 is 1.46 bits per heavy atom. The van der Waals surface area contributed by atoms with Gasteiger partial charge >= 0.3 is 23.9 Å². The molecule has 0 aliphatic heterocycles. The van der Waals surface area contributed by atoms with Crippen LogP contribution in [0.5, 0.6) is 0 Å². The highest BCUT2D eigenvalue weighted by Gasteiger charge is 2.28. The Balaban J connectivity index is 4.79. The van der Waals surface area contributed by atoms with Crippen LogP contribution in [0.15, 0.2) is 0 Å². The topological polar surface area (TPSA) is 308 Å². The maximum atomic E-state index is 12.5. The zero-order valence-corrected chi connectivity index (χ0v) is 29.7. The fourth-order valence-corrected chi connectivity index (χ4v) is 5.36. The van der Waals surface area contributed by atoms with E-state index in [0.717, 1.165) is 6.42 Å². The van der Waals surface area contributed by atoms with Gasteiger partial charge in [0, 0.05) is 51.0 Å². The third-order valence-corrected chi connectivity index (χ3v) is 8.33. The average molecular weight is 744 g/mol. The van der Waals surface area contributed by atoms with Gasteiger partial charge < -0.3 is 46.3 Å². The van der Waals surface area contributed by atoms with E-state index in [1.54, 1.807) is 0 Å². The second-order valence-corrected chi connectivity index (χ2v) is 12.7. The summed E-state index contributed by atoms with van der Waals surface area (Å²) in [7, 11) is 0. The lowest BCUT2D eigenvalue weighted by Crippen LogP contribution is -2.42. The molecule has 5 atom stereocenters. The summed E-state index contributed by atoms with van der Waals surface area (Å²) in [4.78, 5) is 119. The summed E-state index contributed by atoms with van der Waals surface area (Å²) < 4.78 is 0. The minimum Gasteiger partial charge on any atom is -0.481 e. The molecule has 0 bridgehead atoms. The van der Waals surface area contributed by atoms with E-state index in [4.69, 9.17) is 5.11 Å². The predicted octanol–water partition coefficient (Wildman–Crippen LogP) is 0.850. The highest BCUT2D eigenvalue weighted by molar-refractivity contribution is 5.88. The van der Waals surface area contributed by atoms with Crippen molar-refractivity contribution in [3.05, 3.63) is 0 Å². The zero-order chi connectivity index (χ0) is 39.8. The number of carboxylic acids is 4. The highest BCUT2D eigenvalue weighted by atomic mass is 16.4. The first-order valence-corrected chi connectivity index (χ1v) is 17.3. The van der Waals surface area contributed by atoms with E-state index in [1.165, 1.54) is 6.92 Å². The Bertz CT molecular complexity index is 1270. The first-order chi connectivity index (χ1) is 24.4. The van der Waals surface area contributed by atoms with Crippen LogP contribution in [0.4, 0.5) is 0 Å². The number of amides is 3. The zero-order valence-electron chi connectivity index (χ0n) is 29.7. The minimum absolute atomic E-state index is 0.220. The number of carbonyl (C=O) groups is 10. The van der Waals surface area contributed by atoms with Crippen LogP contribution in [-0.4, -0.2) is 110 Å². The lowest BCUT2D eigenvalue weighted by atomic mass is 9.93. The largest absolute Gasteiger partial charge is 0.481 e. The SMILES string of the molecule is CCC[C@@H](CCCCNC(=O)CC[C@H](NC(=O)CC[C@H](CC(=O)CC[C@H](NC(=O)CC[C@H](CC(C)=O)C(=O)O)C(=O)O)C(=O)O)C(=O)O)C(=O)CO. The Morgan fingerprint density at radius 2 is 1.02 bits per heavy atom. The van der Waals surface area contributed by atoms with Crippen molar-refractivity contribution in [2.24, 2.45) is 17.8 Å². The van der Waals surface area contributed by atoms with Crippen LogP contribution >= 0.6 is 0 Å². The molecule has 18 nitrogen and oxygen atoms in total. The van der Waals surface area contributed by atoms with Gasteiger partial charge in [-0.15, -0.1) is 0 Å². The maximum absolute atomic E-state index is 12.5. The number of carboxylic acid groups (broad SMARTS) is 4. The van der Waals surface area contributed by atoms with Crippen LogP contribution in [-0.2, 0) is 47.9 Å². The lowest BCUT2D eigenvalue weighted by Gasteiger charge is -2.17. The molecule has 0 saturated heterocycles. The summed E-state index contributed by atoms with van der Waals surface area (Å²) in [5.41, 5.74) is 0. The lowest BCUT2D eigenvalue weighted by molar-refractivity contribution is -0.145. The maximum Gasteiger partial charge on any atom is 0.326 e. The number of hydrogen-bond acceptors (Lipinski definition) is 11. The Kier molecular flexibility index (Phi) is 23.7. The summed E-state index contributed by atoms with van der Waals surface area (Å²) >= 11 is 0. The third-order valence-electron chi connectivity index (χ3n) is 8.33. The van der Waals surface area contributed by atoms with Crippen molar-refractivity contribution in [2.75, 3.05) is 13.2 Å². The second kappa shape index (κ2) is 26.1. The standard InChI is InChI=1S/C34H53N3O15/c1-3-6-21(27(41)19-38)7-4-5-16-35-28(42)15-12-26(34(51)52)37-30(44)14-9-23(32(47)48)18-24(40)10-11-25(33(49)50)36-29(43)13-8-22(31(45)46)17-20(2)39/h21-23,25-26,38H,3-19H2,1-2H3,(H,35,42)(H,36,43)(H,37,44)(H,45,46)(H,47,48)(H,49,50)(H,51,52)/t21-,22+,23+,25-,26-/m0/s1. The molecule has 0 spiro atoms. The third kappa shape index (κ3) is 21.5. The monoisotopic (exact) mass is 743 g/mol. The second-order valence-electron chi connectivity index (χ2n) is 12.7. The number of unbranched alkanes of at least 4 members (excludes halogenated alkanes) is 1. The highest BCUT2D eigenvalue weighted by Crippen LogP contribution is 2.17. The van der Waals surface area contributed by atoms with Crippen molar-refractivity contribution in [2.45, 2.75) is 122 Å². The Morgan fingerprint density at radius 1 is 0.538 bits per heavy atom. The number of aliphatic carboxylic acids is 4. The number of rotatable bonds is 31. The van der Waals surface area contributed by atoms with E-state index in [-0.39, 0.29) is 50.4 Å². The van der Waals surface area contributed by atoms with E-state index < -0.39 is 116 Å². The molecule has 18 heteroatoms. The molecule has 3 amide bonds. The summed E-state index contributed by atoms with van der Waals surface area (Å²) in [5, 5.41) is 53.8. The van der Waals surface area contributed by atoms with E-state index >= 15 is 0 Å². The number of nitrogens with one attached hydrogen (secondary N) is 3. The van der Waals surface area contributed by atoms with Crippen molar-refractivity contribution in [1.29, 1.82) is 0 Å². The van der Waals surface area contributed by atoms with Gasteiger partial charge in [-0.05, 0) is 51.9 Å². The average Bonchev–Trinajstić information content (AvgIpc) is 3.06. The van der Waals surface area contributed by atoms with Crippen LogP contribution in [0.1, 0.15) is 110 Å². The van der Waals surface area contributed by atoms with Gasteiger partial charge in [-0.25, -0.2) is 9.59 Å². The Hall–Kier alpha value is -4.74. The molecule has 0 radical (unpaired) electrons. The number of carbonyl (C=O) groups excluding carboxylic acids is 6. The van der Waals surface area contributed by atoms with Gasteiger partial charge in [0.15, 0.2) is 5.78 Å². The van der Waals surface area contributed by atoms with Crippen molar-refractivity contribution in [3.8, 4) is 0 Å². The number of aliphatic hydroxyl groups excluding tert-OH is 1. The van der Waals surface area contributed by atoms with Gasteiger partial charge in [-0.2, -0.15) is 0 Å². The number of Topliss-reactive ketones (excluding diaryl/α,β-unsaturated/α-hetero) is 3. The van der Waals surface area contributed by atoms with Crippen LogP contribution < -0.4 is 16.0 Å². The first kappa shape index (κ1) is 47.3. The number of ketones is 3. The normalized spacial score (nSPS) is 13.8. The van der Waals surface area contributed by atoms with E-state index in [1.807, 2.05) is 6.92 Å². The van der Waals surface area contributed by atoms with Crippen LogP contribution in [0, 0.1) is 17.8 Å². The van der Waals surface area contributed by atoms with Crippen molar-refractivity contribution < 1.29 is 73.5 Å². The molecule has 294 valence electrons. The van der Waals surface area contributed by atoms with Gasteiger partial charge in [0.1, 0.15) is 30.3 Å². The number of aliphatic hydroxyl groups is 1. The van der Waals surface area contributed by atoms with Crippen molar-refractivity contribution in [1.82, 2.24) is 16.0 Å². The molecule has 0 unspecified atom stereocenters. The van der Waals surface area contributed by atoms with Gasteiger partial charge in [-0.1, -0.05) is 19.8 Å². The molecule has 0 aromatic carbocycles. The predicted molar refractivity (Wildman–Crippen MR) is 181 cm³/mol. The van der Waals surface area contributed by atoms with E-state index in [0.29, 0.717) is 25.7 Å². The van der Waals surface area contributed by atoms with Crippen molar-refractivity contribution in [3.63, 3.8) is 0 Å². The van der Waals surface area contributed by atoms with Crippen LogP contribution in [0.2, 0.25) is 0 Å². The van der Waals surface area contributed by atoms with Crippen molar-refractivity contribution >= 4 is 58.9 Å². The minimum atomic E-state index is -1.54. The van der Waals surface area contributed by atoms with Gasteiger partial charge in [-0.3, -0.25) is 33.6 Å². The van der Waals surface area contributed by atoms with Gasteiger partial charge in [0.25, 0.3) is 0 Å². The summed E-state index contributed by atoms with van der Waals surface area (Å²) in [6, 6.07) is -2.99. The number of hydrogen-bond donors (Lipinski definition) is 8. The van der Waals surface area contributed by atoms with Gasteiger partial charge in [0.05, 0.1) is 11.8 Å². The first-order valence-electron chi connectivity index (χ1n) is 17.3. The molecular weight excluding hydrogens is 690 g/mol. The smallest absolute Gasteiger partial charge is 0.326 e. The van der Waals surface area contributed by atoms with E-state index in [2.05, 4.69) is 16.0 Å². The molecule has 0 rings (SSSR count). The Labute approximate surface area is 301 Å². The summed E-state index contributed by atoms with van der Waals surface area (Å²) in [5.74, 6) is -11.7. The van der Waals surface area contributed by atoms with Gasteiger partial charge in [0.2, 0.25) is 17.7 Å². The quantitative estimate of drug-likeness (QED) is 0.0457. The fourth-order valence-electron chi connectivity index (χ4n) is 5.36. The molecule has 0 aliphatic rings. The molecule has 0 fully saturated rings. The summed E-state index contributed by atoms with van der Waals surface area (Å²) in [6.45, 7) is 2.90. The van der Waals surface area contributed by atoms with E-state index in [9.17, 15) is 68.4 Å². The van der Waals surface area contributed by atoms with Crippen LogP contribution in [0.3, 0.4) is 0 Å². The molecule has 52 heavy (non-hydrogen) atoms. The molecule has 8 N–H and O–H groups in total. The summed E-state index contributed by atoms with van der Waals surface area (Å²) in [6.07, 6.45) is -0.408. The molecule has 0 aromatic rings. The van der Waals surface area contributed by atoms with Crippen LogP contribution in [0.25, 0.3) is 0 Å². The molecule has 0 saturated carbocycles.